The third-order valence-corrected chi connectivity index (χ3v) is 5.55. The molecule has 31 heavy (non-hydrogen) atoms. The number of hydrogen-bond acceptors (Lipinski definition) is 7. The highest BCUT2D eigenvalue weighted by Gasteiger charge is 2.53. The Bertz CT molecular complexity index is 927. The fourth-order valence-corrected chi connectivity index (χ4v) is 4.23. The fraction of sp³-hybridized carbons (Fsp3) is 0.417. The zero-order valence-corrected chi connectivity index (χ0v) is 17.6. The van der Waals surface area contributed by atoms with Crippen LogP contribution in [0.2, 0.25) is 0 Å². The lowest BCUT2D eigenvalue weighted by molar-refractivity contribution is -0.159. The van der Waals surface area contributed by atoms with E-state index in [9.17, 15) is 9.59 Å². The molecular formula is C24H26O7. The number of benzene rings is 2. The van der Waals surface area contributed by atoms with Crippen molar-refractivity contribution in [3.63, 3.8) is 0 Å². The summed E-state index contributed by atoms with van der Waals surface area (Å²) in [4.78, 5) is 25.9. The summed E-state index contributed by atoms with van der Waals surface area (Å²) >= 11 is 0. The molecule has 1 saturated heterocycles. The van der Waals surface area contributed by atoms with E-state index in [0.717, 1.165) is 11.1 Å². The Labute approximate surface area is 181 Å². The second-order valence-corrected chi connectivity index (χ2v) is 7.45. The van der Waals surface area contributed by atoms with E-state index in [4.69, 9.17) is 23.7 Å². The Morgan fingerprint density at radius 3 is 2.29 bits per heavy atom. The molecule has 2 aromatic carbocycles. The summed E-state index contributed by atoms with van der Waals surface area (Å²) in [6.07, 6.45) is -0.744. The van der Waals surface area contributed by atoms with Gasteiger partial charge in [-0.05, 0) is 43.5 Å². The van der Waals surface area contributed by atoms with Crippen LogP contribution >= 0.6 is 0 Å². The van der Waals surface area contributed by atoms with E-state index >= 15 is 0 Å². The van der Waals surface area contributed by atoms with E-state index in [0.29, 0.717) is 17.9 Å². The number of ether oxygens (including phenoxy) is 5. The molecule has 4 rings (SSSR count). The molecule has 0 spiro atoms. The van der Waals surface area contributed by atoms with E-state index in [1.54, 1.807) is 13.8 Å². The van der Waals surface area contributed by atoms with Crippen molar-refractivity contribution in [3.8, 4) is 11.5 Å². The lowest BCUT2D eigenvalue weighted by atomic mass is 9.83. The van der Waals surface area contributed by atoms with E-state index in [1.807, 2.05) is 48.5 Å². The summed E-state index contributed by atoms with van der Waals surface area (Å²) in [5.41, 5.74) is 1.74. The van der Waals surface area contributed by atoms with Gasteiger partial charge in [0.05, 0.1) is 31.3 Å². The first-order chi connectivity index (χ1) is 15.1. The monoisotopic (exact) mass is 426 g/mol. The number of fused-ring (bicyclic) bond motifs is 1. The molecule has 7 nitrogen and oxygen atoms in total. The van der Waals surface area contributed by atoms with Gasteiger partial charge in [-0.15, -0.1) is 0 Å². The van der Waals surface area contributed by atoms with Crippen LogP contribution < -0.4 is 9.47 Å². The highest BCUT2D eigenvalue weighted by atomic mass is 16.7. The lowest BCUT2D eigenvalue weighted by Crippen LogP contribution is -2.36. The first-order valence-corrected chi connectivity index (χ1v) is 10.5. The molecule has 2 aromatic rings. The Kier molecular flexibility index (Phi) is 6.42. The van der Waals surface area contributed by atoms with Gasteiger partial charge in [0.2, 0.25) is 6.79 Å². The smallest absolute Gasteiger partial charge is 0.312 e. The zero-order chi connectivity index (χ0) is 21.8. The topological polar surface area (TPSA) is 80.3 Å². The number of hydrogen-bond donors (Lipinski definition) is 0. The largest absolute Gasteiger partial charge is 0.466 e. The summed E-state index contributed by atoms with van der Waals surface area (Å²) in [7, 11) is 0. The predicted octanol–water partition coefficient (Wildman–Crippen LogP) is 3.46. The van der Waals surface area contributed by atoms with Crippen molar-refractivity contribution in [1.82, 2.24) is 0 Å². The molecule has 2 heterocycles. The van der Waals surface area contributed by atoms with Crippen LogP contribution in [0.25, 0.3) is 0 Å². The molecule has 0 aliphatic carbocycles. The second-order valence-electron chi connectivity index (χ2n) is 7.45. The molecule has 0 N–H and O–H groups in total. The van der Waals surface area contributed by atoms with Crippen molar-refractivity contribution in [1.29, 1.82) is 0 Å². The molecule has 0 bridgehead atoms. The van der Waals surface area contributed by atoms with Gasteiger partial charge >= 0.3 is 11.9 Å². The van der Waals surface area contributed by atoms with Crippen LogP contribution in [0.4, 0.5) is 0 Å². The molecule has 0 radical (unpaired) electrons. The van der Waals surface area contributed by atoms with Crippen molar-refractivity contribution in [2.75, 3.05) is 20.0 Å². The van der Waals surface area contributed by atoms with Crippen LogP contribution in [-0.2, 0) is 30.2 Å². The molecule has 164 valence electrons. The normalized spacial score (nSPS) is 24.1. The standard InChI is InChI=1S/C24H26O7/c1-3-27-23(25)20-19(13-15-10-11-17-18(12-15)30-14-29-17)31-22(16-8-6-5-7-9-16)21(20)24(26)28-4-2/h5-12,19-22H,3-4,13-14H2,1-2H3/t19-,20+,21+,22+/m0/s1. The first-order valence-electron chi connectivity index (χ1n) is 10.5. The van der Waals surface area contributed by atoms with Gasteiger partial charge in [-0.1, -0.05) is 36.4 Å². The summed E-state index contributed by atoms with van der Waals surface area (Å²) in [6.45, 7) is 4.12. The average molecular weight is 426 g/mol. The summed E-state index contributed by atoms with van der Waals surface area (Å²) in [5.74, 6) is -1.14. The van der Waals surface area contributed by atoms with Crippen LogP contribution in [0.5, 0.6) is 11.5 Å². The third kappa shape index (κ3) is 4.37. The maximum atomic E-state index is 13.0. The van der Waals surface area contributed by atoms with Crippen LogP contribution in [0.15, 0.2) is 48.5 Å². The molecule has 0 unspecified atom stereocenters. The number of carbonyl (C=O) groups is 2. The Morgan fingerprint density at radius 2 is 1.58 bits per heavy atom. The first kappa shape index (κ1) is 21.2. The Morgan fingerprint density at radius 1 is 0.903 bits per heavy atom. The molecule has 2 aliphatic heterocycles. The fourth-order valence-electron chi connectivity index (χ4n) is 4.23. The minimum Gasteiger partial charge on any atom is -0.466 e. The minimum atomic E-state index is -0.791. The highest BCUT2D eigenvalue weighted by molar-refractivity contribution is 5.84. The number of carbonyl (C=O) groups excluding carboxylic acids is 2. The van der Waals surface area contributed by atoms with Gasteiger partial charge in [0.15, 0.2) is 11.5 Å². The van der Waals surface area contributed by atoms with Crippen molar-refractivity contribution in [3.05, 3.63) is 59.7 Å². The van der Waals surface area contributed by atoms with Crippen LogP contribution in [-0.4, -0.2) is 38.0 Å². The van der Waals surface area contributed by atoms with Gasteiger partial charge in [-0.3, -0.25) is 9.59 Å². The maximum absolute atomic E-state index is 13.0. The van der Waals surface area contributed by atoms with Crippen LogP contribution in [0, 0.1) is 11.8 Å². The van der Waals surface area contributed by atoms with Gasteiger partial charge in [0, 0.05) is 0 Å². The van der Waals surface area contributed by atoms with E-state index in [-0.39, 0.29) is 20.0 Å². The van der Waals surface area contributed by atoms with Crippen molar-refractivity contribution in [2.45, 2.75) is 32.5 Å². The number of esters is 2. The lowest BCUT2D eigenvalue weighted by Gasteiger charge is -2.21. The predicted molar refractivity (Wildman–Crippen MR) is 111 cm³/mol. The van der Waals surface area contributed by atoms with Crippen LogP contribution in [0.3, 0.4) is 0 Å². The summed E-state index contributed by atoms with van der Waals surface area (Å²) in [5, 5.41) is 0. The molecule has 2 aliphatic rings. The third-order valence-electron chi connectivity index (χ3n) is 5.55. The molecule has 4 atom stereocenters. The van der Waals surface area contributed by atoms with Crippen molar-refractivity contribution < 1.29 is 33.3 Å². The Hall–Kier alpha value is -3.06. The van der Waals surface area contributed by atoms with Gasteiger partial charge in [-0.2, -0.15) is 0 Å². The zero-order valence-electron chi connectivity index (χ0n) is 17.6. The van der Waals surface area contributed by atoms with Gasteiger partial charge in [0.25, 0.3) is 0 Å². The van der Waals surface area contributed by atoms with Gasteiger partial charge in [-0.25, -0.2) is 0 Å². The van der Waals surface area contributed by atoms with E-state index < -0.39 is 36.0 Å². The molecule has 0 amide bonds. The van der Waals surface area contributed by atoms with Gasteiger partial charge < -0.3 is 23.7 Å². The van der Waals surface area contributed by atoms with E-state index in [1.165, 1.54) is 0 Å². The molecule has 7 heteroatoms. The van der Waals surface area contributed by atoms with Crippen LogP contribution in [0.1, 0.15) is 31.1 Å². The molecule has 1 fully saturated rings. The van der Waals surface area contributed by atoms with Crippen molar-refractivity contribution in [2.24, 2.45) is 11.8 Å². The molecular weight excluding hydrogens is 400 g/mol. The Balaban J connectivity index is 1.68. The van der Waals surface area contributed by atoms with E-state index in [2.05, 4.69) is 0 Å². The minimum absolute atomic E-state index is 0.186. The molecule has 0 saturated carbocycles. The maximum Gasteiger partial charge on any atom is 0.312 e. The van der Waals surface area contributed by atoms with Crippen molar-refractivity contribution >= 4 is 11.9 Å². The average Bonchev–Trinajstić information content (AvgIpc) is 3.39. The second kappa shape index (κ2) is 9.39. The SMILES string of the molecule is CCOC(=O)[C@@H]1[C@H](C(=O)OCC)[C@H](Cc2ccc3c(c2)OCO3)O[C@@H]1c1ccccc1. The molecule has 0 aromatic heterocycles. The summed E-state index contributed by atoms with van der Waals surface area (Å²) < 4.78 is 27.9. The summed E-state index contributed by atoms with van der Waals surface area (Å²) in [6, 6.07) is 15.1. The highest BCUT2D eigenvalue weighted by Crippen LogP contribution is 2.45. The quantitative estimate of drug-likeness (QED) is 0.627. The van der Waals surface area contributed by atoms with Gasteiger partial charge in [0.1, 0.15) is 5.92 Å². The number of rotatable bonds is 7.